The monoisotopic (exact) mass is 205 g/mol. The summed E-state index contributed by atoms with van der Waals surface area (Å²) in [5.74, 6) is -0.696. The van der Waals surface area contributed by atoms with Gasteiger partial charge in [-0.1, -0.05) is 12.5 Å². The van der Waals surface area contributed by atoms with Crippen LogP contribution in [-0.4, -0.2) is 11.1 Å². The molecule has 0 fully saturated rings. The first-order valence-corrected chi connectivity index (χ1v) is 3.60. The predicted octanol–water partition coefficient (Wildman–Crippen LogP) is 2.20. The normalized spacial score (nSPS) is 8.36. The predicted molar refractivity (Wildman–Crippen MR) is 40.9 cm³/mol. The summed E-state index contributed by atoms with van der Waals surface area (Å²) in [6, 6.07) is 0. The van der Waals surface area contributed by atoms with Crippen molar-refractivity contribution in [1.29, 1.82) is 0 Å². The van der Waals surface area contributed by atoms with Crippen molar-refractivity contribution in [3.05, 3.63) is 12.7 Å². The smallest absolute Gasteiger partial charge is 0.303 e. The van der Waals surface area contributed by atoms with E-state index in [1.54, 1.807) is 0 Å². The van der Waals surface area contributed by atoms with Crippen molar-refractivity contribution in [3.8, 4) is 0 Å². The molecular formula is C8H14CuO2. The number of hydrogen-bond acceptors (Lipinski definition) is 1. The summed E-state index contributed by atoms with van der Waals surface area (Å²) < 4.78 is 0. The third kappa shape index (κ3) is 12.8. The molecule has 0 aromatic heterocycles. The zero-order valence-corrected chi connectivity index (χ0v) is 7.42. The molecule has 2 nitrogen and oxygen atoms in total. The maximum atomic E-state index is 10.0. The molecule has 0 aromatic rings. The van der Waals surface area contributed by atoms with Crippen molar-refractivity contribution >= 4 is 5.97 Å². The minimum Gasteiger partial charge on any atom is -0.481 e. The number of rotatable bonds is 6. The Morgan fingerprint density at radius 2 is 2.00 bits per heavy atom. The molecule has 0 saturated carbocycles. The molecule has 0 spiro atoms. The summed E-state index contributed by atoms with van der Waals surface area (Å²) in [7, 11) is 0. The van der Waals surface area contributed by atoms with Gasteiger partial charge in [-0.2, -0.15) is 0 Å². The number of hydrogen-bond donors (Lipinski definition) is 1. The maximum absolute atomic E-state index is 10.0. The molecule has 0 aliphatic carbocycles. The quantitative estimate of drug-likeness (QED) is 0.410. The van der Waals surface area contributed by atoms with Gasteiger partial charge >= 0.3 is 5.97 Å². The average Bonchev–Trinajstić information content (AvgIpc) is 1.87. The number of allylic oxidation sites excluding steroid dienone is 1. The van der Waals surface area contributed by atoms with E-state index in [0.29, 0.717) is 6.42 Å². The van der Waals surface area contributed by atoms with Crippen LogP contribution >= 0.6 is 0 Å². The Balaban J connectivity index is 0. The molecule has 0 aliphatic rings. The molecule has 11 heavy (non-hydrogen) atoms. The molecule has 1 radical (unpaired) electrons. The maximum Gasteiger partial charge on any atom is 0.303 e. The van der Waals surface area contributed by atoms with Crippen LogP contribution in [-0.2, 0) is 21.9 Å². The van der Waals surface area contributed by atoms with Gasteiger partial charge in [-0.15, -0.1) is 6.58 Å². The minimum absolute atomic E-state index is 0. The van der Waals surface area contributed by atoms with Crippen LogP contribution in [0.1, 0.15) is 32.1 Å². The van der Waals surface area contributed by atoms with Gasteiger partial charge in [0.25, 0.3) is 0 Å². The van der Waals surface area contributed by atoms with E-state index in [-0.39, 0.29) is 17.1 Å². The van der Waals surface area contributed by atoms with E-state index >= 15 is 0 Å². The first kappa shape index (κ1) is 13.3. The van der Waals surface area contributed by atoms with Crippen molar-refractivity contribution in [1.82, 2.24) is 0 Å². The average molecular weight is 206 g/mol. The second kappa shape index (κ2) is 9.73. The fraction of sp³-hybridized carbons (Fsp3) is 0.625. The van der Waals surface area contributed by atoms with Crippen molar-refractivity contribution in [2.45, 2.75) is 32.1 Å². The van der Waals surface area contributed by atoms with Crippen molar-refractivity contribution in [2.24, 2.45) is 0 Å². The Morgan fingerprint density at radius 1 is 1.36 bits per heavy atom. The van der Waals surface area contributed by atoms with E-state index < -0.39 is 5.97 Å². The molecule has 0 aromatic carbocycles. The number of carbonyl (C=O) groups is 1. The van der Waals surface area contributed by atoms with Gasteiger partial charge in [0.1, 0.15) is 0 Å². The summed E-state index contributed by atoms with van der Waals surface area (Å²) in [6.45, 7) is 3.58. The second-order valence-electron chi connectivity index (χ2n) is 2.28. The van der Waals surface area contributed by atoms with Gasteiger partial charge in [0.15, 0.2) is 0 Å². The zero-order valence-electron chi connectivity index (χ0n) is 6.48. The molecule has 0 heterocycles. The summed E-state index contributed by atoms with van der Waals surface area (Å²) in [4.78, 5) is 10.0. The second-order valence-corrected chi connectivity index (χ2v) is 2.28. The van der Waals surface area contributed by atoms with Crippen LogP contribution in [0.25, 0.3) is 0 Å². The van der Waals surface area contributed by atoms with Gasteiger partial charge < -0.3 is 5.11 Å². The Bertz CT molecular complexity index is 113. The first-order valence-electron chi connectivity index (χ1n) is 3.60. The number of carboxylic acid groups (broad SMARTS) is 1. The van der Waals surface area contributed by atoms with E-state index in [0.717, 1.165) is 25.7 Å². The molecule has 0 rings (SSSR count). The van der Waals surface area contributed by atoms with Crippen LogP contribution in [0.5, 0.6) is 0 Å². The third-order valence-electron chi connectivity index (χ3n) is 1.30. The van der Waals surface area contributed by atoms with Crippen LogP contribution in [0.2, 0.25) is 0 Å². The molecule has 0 aliphatic heterocycles. The fourth-order valence-corrected chi connectivity index (χ4v) is 0.742. The summed E-state index contributed by atoms with van der Waals surface area (Å²) >= 11 is 0. The van der Waals surface area contributed by atoms with Gasteiger partial charge in [-0.05, 0) is 19.3 Å². The van der Waals surface area contributed by atoms with Crippen LogP contribution in [0.15, 0.2) is 12.7 Å². The van der Waals surface area contributed by atoms with E-state index in [1.807, 2.05) is 6.08 Å². The van der Waals surface area contributed by atoms with E-state index in [4.69, 9.17) is 5.11 Å². The van der Waals surface area contributed by atoms with Gasteiger partial charge in [0.2, 0.25) is 0 Å². The van der Waals surface area contributed by atoms with Crippen LogP contribution < -0.4 is 0 Å². The Labute approximate surface area is 78.2 Å². The molecule has 0 amide bonds. The molecular weight excluding hydrogens is 192 g/mol. The summed E-state index contributed by atoms with van der Waals surface area (Å²) in [5, 5.41) is 8.25. The van der Waals surface area contributed by atoms with Gasteiger partial charge in [0.05, 0.1) is 0 Å². The van der Waals surface area contributed by atoms with Crippen molar-refractivity contribution < 1.29 is 27.0 Å². The number of carboxylic acids is 1. The fourth-order valence-electron chi connectivity index (χ4n) is 0.742. The molecule has 1 N–H and O–H groups in total. The van der Waals surface area contributed by atoms with E-state index in [1.165, 1.54) is 0 Å². The SMILES string of the molecule is C=CCCCCCC(=O)O.[Cu]. The minimum atomic E-state index is -0.696. The van der Waals surface area contributed by atoms with Gasteiger partial charge in [-0.25, -0.2) is 0 Å². The van der Waals surface area contributed by atoms with Crippen LogP contribution in [0.3, 0.4) is 0 Å². The van der Waals surface area contributed by atoms with Gasteiger partial charge in [0, 0.05) is 23.5 Å². The largest absolute Gasteiger partial charge is 0.481 e. The van der Waals surface area contributed by atoms with Crippen molar-refractivity contribution in [3.63, 3.8) is 0 Å². The Kier molecular flexibility index (Phi) is 11.8. The Hall–Kier alpha value is -0.271. The molecule has 69 valence electrons. The molecule has 0 unspecified atom stereocenters. The Morgan fingerprint density at radius 3 is 2.45 bits per heavy atom. The first-order chi connectivity index (χ1) is 4.77. The molecule has 0 saturated heterocycles. The number of unbranched alkanes of at least 4 members (excludes halogenated alkanes) is 3. The number of aliphatic carboxylic acids is 1. The molecule has 0 atom stereocenters. The van der Waals surface area contributed by atoms with E-state index in [9.17, 15) is 4.79 Å². The zero-order chi connectivity index (χ0) is 7.82. The van der Waals surface area contributed by atoms with Crippen LogP contribution in [0, 0.1) is 0 Å². The standard InChI is InChI=1S/C8H14O2.Cu/c1-2-3-4-5-6-7-8(9)10;/h2H,1,3-7H2,(H,9,10);. The third-order valence-corrected chi connectivity index (χ3v) is 1.30. The molecule has 0 bridgehead atoms. The summed E-state index contributed by atoms with van der Waals surface area (Å²) in [5.41, 5.74) is 0. The van der Waals surface area contributed by atoms with Crippen molar-refractivity contribution in [2.75, 3.05) is 0 Å². The molecule has 3 heteroatoms. The van der Waals surface area contributed by atoms with E-state index in [2.05, 4.69) is 6.58 Å². The summed E-state index contributed by atoms with van der Waals surface area (Å²) in [6.07, 6.45) is 6.02. The topological polar surface area (TPSA) is 37.3 Å². The van der Waals surface area contributed by atoms with Crippen LogP contribution in [0.4, 0.5) is 0 Å². The van der Waals surface area contributed by atoms with Gasteiger partial charge in [-0.3, -0.25) is 4.79 Å².